The van der Waals surface area contributed by atoms with E-state index >= 15 is 0 Å². The van der Waals surface area contributed by atoms with Gasteiger partial charge in [0.25, 0.3) is 0 Å². The van der Waals surface area contributed by atoms with Crippen molar-refractivity contribution in [2.24, 2.45) is 0 Å². The van der Waals surface area contributed by atoms with Crippen molar-refractivity contribution in [2.45, 2.75) is 32.9 Å². The van der Waals surface area contributed by atoms with Gasteiger partial charge in [-0.2, -0.15) is 0 Å². The van der Waals surface area contributed by atoms with Crippen LogP contribution in [0.1, 0.15) is 25.8 Å². The summed E-state index contributed by atoms with van der Waals surface area (Å²) in [7, 11) is -2.39. The van der Waals surface area contributed by atoms with E-state index in [1.807, 2.05) is 31.2 Å². The zero-order valence-electron chi connectivity index (χ0n) is 19.5. The molecule has 0 aliphatic heterocycles. The molecule has 34 heavy (non-hydrogen) atoms. The molecule has 0 fully saturated rings. The van der Waals surface area contributed by atoms with Gasteiger partial charge < -0.3 is 15.0 Å². The standard InChI is InChI=1S/C23H29BrClN3O5S/c1-5-12-26-23(30)16(2)27(14-17-6-8-18(24)9-7-17)22(29)15-28(34(4,31)32)19-10-11-21(33-3)20(25)13-19/h6-11,13,16H,5,12,14-15H2,1-4H3,(H,26,30)/t16-/m0/s1. The normalized spacial score (nSPS) is 12.1. The zero-order chi connectivity index (χ0) is 25.5. The first-order valence-corrected chi connectivity index (χ1v) is 13.6. The van der Waals surface area contributed by atoms with Crippen LogP contribution >= 0.6 is 27.5 Å². The van der Waals surface area contributed by atoms with Gasteiger partial charge in [0.15, 0.2) is 0 Å². The molecule has 0 aromatic heterocycles. The van der Waals surface area contributed by atoms with Gasteiger partial charge in [0.05, 0.1) is 24.1 Å². The molecule has 2 aromatic rings. The lowest BCUT2D eigenvalue weighted by molar-refractivity contribution is -0.139. The van der Waals surface area contributed by atoms with Gasteiger partial charge in [-0.15, -0.1) is 0 Å². The van der Waals surface area contributed by atoms with Crippen LogP contribution in [0.5, 0.6) is 5.75 Å². The van der Waals surface area contributed by atoms with E-state index in [-0.39, 0.29) is 23.2 Å². The van der Waals surface area contributed by atoms with Gasteiger partial charge in [-0.25, -0.2) is 8.42 Å². The van der Waals surface area contributed by atoms with Crippen molar-refractivity contribution in [3.05, 3.63) is 57.5 Å². The topological polar surface area (TPSA) is 96.0 Å². The summed E-state index contributed by atoms with van der Waals surface area (Å²) in [5, 5.41) is 3.00. The number of hydrogen-bond donors (Lipinski definition) is 1. The van der Waals surface area contributed by atoms with Crippen LogP contribution in [0.15, 0.2) is 46.9 Å². The fourth-order valence-electron chi connectivity index (χ4n) is 3.19. The Labute approximate surface area is 214 Å². The molecule has 2 rings (SSSR count). The lowest BCUT2D eigenvalue weighted by Gasteiger charge is -2.31. The molecule has 2 amide bonds. The van der Waals surface area contributed by atoms with Crippen molar-refractivity contribution in [1.29, 1.82) is 0 Å². The number of anilines is 1. The molecule has 11 heteroatoms. The second kappa shape index (κ2) is 12.4. The quantitative estimate of drug-likeness (QED) is 0.440. The fourth-order valence-corrected chi connectivity index (χ4v) is 4.55. The highest BCUT2D eigenvalue weighted by Crippen LogP contribution is 2.30. The molecule has 186 valence electrons. The average molecular weight is 575 g/mol. The maximum Gasteiger partial charge on any atom is 0.244 e. The molecule has 0 unspecified atom stereocenters. The van der Waals surface area contributed by atoms with Crippen LogP contribution in [0.4, 0.5) is 5.69 Å². The second-order valence-electron chi connectivity index (χ2n) is 7.70. The minimum absolute atomic E-state index is 0.133. The van der Waals surface area contributed by atoms with Crippen molar-refractivity contribution in [1.82, 2.24) is 10.2 Å². The Morgan fingerprint density at radius 2 is 1.82 bits per heavy atom. The summed E-state index contributed by atoms with van der Waals surface area (Å²) in [6.45, 7) is 3.66. The summed E-state index contributed by atoms with van der Waals surface area (Å²) in [6, 6.07) is 11.0. The van der Waals surface area contributed by atoms with Gasteiger partial charge in [-0.1, -0.05) is 46.6 Å². The van der Waals surface area contributed by atoms with Gasteiger partial charge in [0.2, 0.25) is 21.8 Å². The van der Waals surface area contributed by atoms with Gasteiger partial charge in [0.1, 0.15) is 18.3 Å². The van der Waals surface area contributed by atoms with Crippen LogP contribution in [0.2, 0.25) is 5.02 Å². The number of hydrogen-bond acceptors (Lipinski definition) is 5. The van der Waals surface area contributed by atoms with Gasteiger partial charge in [-0.05, 0) is 49.2 Å². The smallest absolute Gasteiger partial charge is 0.244 e. The maximum atomic E-state index is 13.4. The molecule has 0 saturated heterocycles. The van der Waals surface area contributed by atoms with E-state index in [1.165, 1.54) is 30.2 Å². The van der Waals surface area contributed by atoms with E-state index < -0.39 is 28.5 Å². The number of rotatable bonds is 11. The van der Waals surface area contributed by atoms with Crippen LogP contribution in [0.25, 0.3) is 0 Å². The summed E-state index contributed by atoms with van der Waals surface area (Å²) in [5.41, 5.74) is 1.01. The fraction of sp³-hybridized carbons (Fsp3) is 0.391. The number of carbonyl (C=O) groups is 2. The van der Waals surface area contributed by atoms with E-state index in [9.17, 15) is 18.0 Å². The highest BCUT2D eigenvalue weighted by molar-refractivity contribution is 9.10. The van der Waals surface area contributed by atoms with E-state index in [0.717, 1.165) is 27.0 Å². The first-order valence-electron chi connectivity index (χ1n) is 10.6. The Bertz CT molecular complexity index is 1110. The van der Waals surface area contributed by atoms with Crippen molar-refractivity contribution in [3.8, 4) is 5.75 Å². The van der Waals surface area contributed by atoms with Gasteiger partial charge in [0, 0.05) is 17.6 Å². The Morgan fingerprint density at radius 1 is 1.18 bits per heavy atom. The third-order valence-electron chi connectivity index (χ3n) is 5.09. The Kier molecular flexibility index (Phi) is 10.2. The zero-order valence-corrected chi connectivity index (χ0v) is 22.7. The lowest BCUT2D eigenvalue weighted by atomic mass is 10.1. The summed E-state index contributed by atoms with van der Waals surface area (Å²) in [5.74, 6) is -0.464. The number of carbonyl (C=O) groups excluding carboxylic acids is 2. The van der Waals surface area contributed by atoms with Crippen molar-refractivity contribution in [2.75, 3.05) is 30.8 Å². The number of methoxy groups -OCH3 is 1. The molecule has 1 atom stereocenters. The molecule has 0 bridgehead atoms. The monoisotopic (exact) mass is 573 g/mol. The molecule has 0 radical (unpaired) electrons. The van der Waals surface area contributed by atoms with Gasteiger partial charge >= 0.3 is 0 Å². The number of benzene rings is 2. The molecule has 0 aliphatic carbocycles. The Balaban J connectivity index is 2.38. The summed E-state index contributed by atoms with van der Waals surface area (Å²) >= 11 is 9.56. The van der Waals surface area contributed by atoms with Crippen LogP contribution in [-0.4, -0.2) is 57.6 Å². The highest BCUT2D eigenvalue weighted by Gasteiger charge is 2.30. The van der Waals surface area contributed by atoms with E-state index in [4.69, 9.17) is 16.3 Å². The minimum Gasteiger partial charge on any atom is -0.495 e. The number of nitrogens with zero attached hydrogens (tertiary/aromatic N) is 2. The largest absolute Gasteiger partial charge is 0.495 e. The number of amides is 2. The molecular formula is C23H29BrClN3O5S. The minimum atomic E-state index is -3.84. The molecular weight excluding hydrogens is 546 g/mol. The van der Waals surface area contributed by atoms with E-state index in [2.05, 4.69) is 21.2 Å². The predicted molar refractivity (Wildman–Crippen MR) is 138 cm³/mol. The molecule has 2 aromatic carbocycles. The molecule has 8 nitrogen and oxygen atoms in total. The first kappa shape index (κ1) is 27.9. The highest BCUT2D eigenvalue weighted by atomic mass is 79.9. The molecule has 0 aliphatic rings. The SMILES string of the molecule is CCCNC(=O)[C@H](C)N(Cc1ccc(Br)cc1)C(=O)CN(c1ccc(OC)c(Cl)c1)S(C)(=O)=O. The van der Waals surface area contributed by atoms with E-state index in [0.29, 0.717) is 12.3 Å². The summed E-state index contributed by atoms with van der Waals surface area (Å²) in [4.78, 5) is 27.5. The number of sulfonamides is 1. The van der Waals surface area contributed by atoms with E-state index in [1.54, 1.807) is 6.92 Å². The second-order valence-corrected chi connectivity index (χ2v) is 10.9. The van der Waals surface area contributed by atoms with Crippen molar-refractivity contribution < 1.29 is 22.7 Å². The Hall–Kier alpha value is -2.30. The van der Waals surface area contributed by atoms with Gasteiger partial charge in [-0.3, -0.25) is 13.9 Å². The predicted octanol–water partition coefficient (Wildman–Crippen LogP) is 3.82. The van der Waals surface area contributed by atoms with Crippen LogP contribution < -0.4 is 14.4 Å². The molecule has 0 heterocycles. The average Bonchev–Trinajstić information content (AvgIpc) is 2.79. The van der Waals surface area contributed by atoms with Crippen LogP contribution in [0, 0.1) is 0 Å². The first-order chi connectivity index (χ1) is 16.0. The number of halogens is 2. The number of ether oxygens (including phenoxy) is 1. The Morgan fingerprint density at radius 3 is 2.35 bits per heavy atom. The van der Waals surface area contributed by atoms with Crippen LogP contribution in [0.3, 0.4) is 0 Å². The third kappa shape index (κ3) is 7.61. The molecule has 0 saturated carbocycles. The van der Waals surface area contributed by atoms with Crippen molar-refractivity contribution in [3.63, 3.8) is 0 Å². The molecule has 0 spiro atoms. The lowest BCUT2D eigenvalue weighted by Crippen LogP contribution is -2.51. The molecule has 1 N–H and O–H groups in total. The summed E-state index contributed by atoms with van der Waals surface area (Å²) < 4.78 is 32.2. The number of nitrogens with one attached hydrogen (secondary N) is 1. The maximum absolute atomic E-state index is 13.4. The third-order valence-corrected chi connectivity index (χ3v) is 7.05. The summed E-state index contributed by atoms with van der Waals surface area (Å²) in [6.07, 6.45) is 1.76. The van der Waals surface area contributed by atoms with Crippen molar-refractivity contribution >= 4 is 55.1 Å². The van der Waals surface area contributed by atoms with Crippen LogP contribution in [-0.2, 0) is 26.2 Å².